The molecule has 5 heteroatoms. The quantitative estimate of drug-likeness (QED) is 0.845. The van der Waals surface area contributed by atoms with Gasteiger partial charge in [-0.15, -0.1) is 10.2 Å². The third-order valence-electron chi connectivity index (χ3n) is 1.88. The van der Waals surface area contributed by atoms with Crippen LogP contribution in [-0.2, 0) is 6.42 Å². The van der Waals surface area contributed by atoms with E-state index in [0.29, 0.717) is 16.8 Å². The number of hydrogen-bond acceptors (Lipinski definition) is 3. The minimum absolute atomic E-state index is 0.495. The molecule has 0 atom stereocenters. The molecular formula is C10H8BrClN2O. The SMILES string of the molecule is CCc1nnc(-c2cc(Cl)cc(Br)c2)o1. The van der Waals surface area contributed by atoms with E-state index in [-0.39, 0.29) is 0 Å². The number of benzene rings is 1. The zero-order chi connectivity index (χ0) is 10.8. The smallest absolute Gasteiger partial charge is 0.247 e. The summed E-state index contributed by atoms with van der Waals surface area (Å²) in [6, 6.07) is 5.49. The molecule has 0 amide bonds. The van der Waals surface area contributed by atoms with Crippen molar-refractivity contribution in [2.45, 2.75) is 13.3 Å². The molecule has 0 spiro atoms. The van der Waals surface area contributed by atoms with Crippen LogP contribution in [0.3, 0.4) is 0 Å². The van der Waals surface area contributed by atoms with E-state index in [9.17, 15) is 0 Å². The lowest BCUT2D eigenvalue weighted by molar-refractivity contribution is 0.513. The van der Waals surface area contributed by atoms with Crippen LogP contribution in [0.15, 0.2) is 27.1 Å². The van der Waals surface area contributed by atoms with Crippen LogP contribution in [0.1, 0.15) is 12.8 Å². The second kappa shape index (κ2) is 4.33. The third-order valence-corrected chi connectivity index (χ3v) is 2.55. The van der Waals surface area contributed by atoms with Crippen molar-refractivity contribution in [3.8, 4) is 11.5 Å². The number of halogens is 2. The molecule has 0 bridgehead atoms. The van der Waals surface area contributed by atoms with Crippen LogP contribution in [-0.4, -0.2) is 10.2 Å². The van der Waals surface area contributed by atoms with Crippen molar-refractivity contribution in [2.75, 3.05) is 0 Å². The Morgan fingerprint density at radius 1 is 1.33 bits per heavy atom. The minimum atomic E-state index is 0.495. The van der Waals surface area contributed by atoms with Gasteiger partial charge in [0.05, 0.1) is 0 Å². The fourth-order valence-corrected chi connectivity index (χ4v) is 2.05. The second-order valence-corrected chi connectivity index (χ2v) is 4.36. The lowest BCUT2D eigenvalue weighted by Gasteiger charge is -1.97. The van der Waals surface area contributed by atoms with Crippen molar-refractivity contribution >= 4 is 27.5 Å². The molecule has 78 valence electrons. The highest BCUT2D eigenvalue weighted by molar-refractivity contribution is 9.10. The van der Waals surface area contributed by atoms with Crippen LogP contribution in [0.2, 0.25) is 5.02 Å². The average molecular weight is 288 g/mol. The van der Waals surface area contributed by atoms with Crippen molar-refractivity contribution < 1.29 is 4.42 Å². The molecule has 15 heavy (non-hydrogen) atoms. The minimum Gasteiger partial charge on any atom is -0.421 e. The van der Waals surface area contributed by atoms with E-state index in [0.717, 1.165) is 16.5 Å². The Kier molecular flexibility index (Phi) is 3.07. The van der Waals surface area contributed by atoms with Gasteiger partial charge in [0, 0.05) is 21.5 Å². The highest BCUT2D eigenvalue weighted by Crippen LogP contribution is 2.26. The predicted molar refractivity (Wildman–Crippen MR) is 61.8 cm³/mol. The molecule has 1 aromatic heterocycles. The molecule has 0 saturated heterocycles. The second-order valence-electron chi connectivity index (χ2n) is 3.01. The number of nitrogens with zero attached hydrogens (tertiary/aromatic N) is 2. The highest BCUT2D eigenvalue weighted by atomic mass is 79.9. The Bertz CT molecular complexity index is 464. The zero-order valence-corrected chi connectivity index (χ0v) is 10.3. The van der Waals surface area contributed by atoms with Gasteiger partial charge in [-0.3, -0.25) is 0 Å². The van der Waals surface area contributed by atoms with Gasteiger partial charge in [0.2, 0.25) is 11.8 Å². The van der Waals surface area contributed by atoms with Crippen molar-refractivity contribution in [2.24, 2.45) is 0 Å². The first-order valence-corrected chi connectivity index (χ1v) is 5.65. The first-order valence-electron chi connectivity index (χ1n) is 4.48. The molecule has 1 heterocycles. The summed E-state index contributed by atoms with van der Waals surface area (Å²) in [4.78, 5) is 0. The van der Waals surface area contributed by atoms with E-state index < -0.39 is 0 Å². The third kappa shape index (κ3) is 2.38. The topological polar surface area (TPSA) is 38.9 Å². The summed E-state index contributed by atoms with van der Waals surface area (Å²) in [5.74, 6) is 1.12. The first-order chi connectivity index (χ1) is 7.19. The van der Waals surface area contributed by atoms with Crippen molar-refractivity contribution in [1.29, 1.82) is 0 Å². The summed E-state index contributed by atoms with van der Waals surface area (Å²) in [6.45, 7) is 1.96. The van der Waals surface area contributed by atoms with Crippen molar-refractivity contribution in [3.05, 3.63) is 33.6 Å². The summed E-state index contributed by atoms with van der Waals surface area (Å²) in [5.41, 5.74) is 0.821. The number of hydrogen-bond donors (Lipinski definition) is 0. The van der Waals surface area contributed by atoms with Crippen LogP contribution in [0, 0.1) is 0 Å². The average Bonchev–Trinajstić information content (AvgIpc) is 2.64. The molecule has 3 nitrogen and oxygen atoms in total. The number of rotatable bonds is 2. The van der Waals surface area contributed by atoms with E-state index in [2.05, 4.69) is 26.1 Å². The van der Waals surface area contributed by atoms with E-state index in [1.54, 1.807) is 6.07 Å². The molecule has 0 fully saturated rings. The maximum absolute atomic E-state index is 5.92. The maximum Gasteiger partial charge on any atom is 0.247 e. The van der Waals surface area contributed by atoms with Gasteiger partial charge >= 0.3 is 0 Å². The van der Waals surface area contributed by atoms with Gasteiger partial charge < -0.3 is 4.42 Å². The maximum atomic E-state index is 5.92. The predicted octanol–water partition coefficient (Wildman–Crippen LogP) is 3.71. The van der Waals surface area contributed by atoms with E-state index >= 15 is 0 Å². The molecule has 0 aliphatic heterocycles. The Hall–Kier alpha value is -0.870. The van der Waals surface area contributed by atoms with Crippen LogP contribution in [0.4, 0.5) is 0 Å². The molecule has 0 aliphatic carbocycles. The van der Waals surface area contributed by atoms with Gasteiger partial charge in [0.25, 0.3) is 0 Å². The zero-order valence-electron chi connectivity index (χ0n) is 8.00. The van der Waals surface area contributed by atoms with Gasteiger partial charge in [0.1, 0.15) is 0 Å². The molecule has 2 rings (SSSR count). The fraction of sp³-hybridized carbons (Fsp3) is 0.200. The monoisotopic (exact) mass is 286 g/mol. The molecule has 2 aromatic rings. The number of aryl methyl sites for hydroxylation is 1. The lowest BCUT2D eigenvalue weighted by Crippen LogP contribution is -1.78. The largest absolute Gasteiger partial charge is 0.421 e. The lowest BCUT2D eigenvalue weighted by atomic mass is 10.2. The Balaban J connectivity index is 2.44. The molecule has 0 aliphatic rings. The molecule has 0 N–H and O–H groups in total. The van der Waals surface area contributed by atoms with Crippen LogP contribution in [0.5, 0.6) is 0 Å². The number of aromatic nitrogens is 2. The first kappa shape index (κ1) is 10.6. The summed E-state index contributed by atoms with van der Waals surface area (Å²) < 4.78 is 6.32. The van der Waals surface area contributed by atoms with Gasteiger partial charge in [-0.2, -0.15) is 0 Å². The molecular weight excluding hydrogens is 279 g/mol. The molecule has 0 saturated carbocycles. The Morgan fingerprint density at radius 2 is 2.13 bits per heavy atom. The fourth-order valence-electron chi connectivity index (χ4n) is 1.19. The van der Waals surface area contributed by atoms with Crippen molar-refractivity contribution in [3.63, 3.8) is 0 Å². The Morgan fingerprint density at radius 3 is 2.73 bits per heavy atom. The highest BCUT2D eigenvalue weighted by Gasteiger charge is 2.08. The molecule has 0 radical (unpaired) electrons. The summed E-state index contributed by atoms with van der Waals surface area (Å²) in [5, 5.41) is 8.47. The van der Waals surface area contributed by atoms with Crippen LogP contribution >= 0.6 is 27.5 Å². The summed E-state index contributed by atoms with van der Waals surface area (Å²) in [7, 11) is 0. The molecule has 0 unspecified atom stereocenters. The Labute approximate surface area is 101 Å². The summed E-state index contributed by atoms with van der Waals surface area (Å²) in [6.07, 6.45) is 0.731. The van der Waals surface area contributed by atoms with Gasteiger partial charge in [-0.1, -0.05) is 34.5 Å². The van der Waals surface area contributed by atoms with Crippen LogP contribution in [0.25, 0.3) is 11.5 Å². The molecule has 1 aromatic carbocycles. The van der Waals surface area contributed by atoms with Gasteiger partial charge in [-0.25, -0.2) is 0 Å². The van der Waals surface area contributed by atoms with Gasteiger partial charge in [0.15, 0.2) is 0 Å². The van der Waals surface area contributed by atoms with Gasteiger partial charge in [-0.05, 0) is 18.2 Å². The van der Waals surface area contributed by atoms with E-state index in [1.807, 2.05) is 19.1 Å². The van der Waals surface area contributed by atoms with Crippen LogP contribution < -0.4 is 0 Å². The van der Waals surface area contributed by atoms with Crippen molar-refractivity contribution in [1.82, 2.24) is 10.2 Å². The van der Waals surface area contributed by atoms with E-state index in [1.165, 1.54) is 0 Å². The summed E-state index contributed by atoms with van der Waals surface area (Å²) >= 11 is 9.28. The standard InChI is InChI=1S/C10H8BrClN2O/c1-2-9-13-14-10(15-9)6-3-7(11)5-8(12)4-6/h3-5H,2H2,1H3. The normalized spacial score (nSPS) is 10.6. The van der Waals surface area contributed by atoms with E-state index in [4.69, 9.17) is 16.0 Å².